The molecule has 3 nitrogen and oxygen atoms in total. The van der Waals surface area contributed by atoms with Gasteiger partial charge >= 0.3 is 6.03 Å². The third-order valence-electron chi connectivity index (χ3n) is 3.22. The van der Waals surface area contributed by atoms with Crippen molar-refractivity contribution < 1.29 is 4.79 Å². The minimum atomic E-state index is -0.127. The van der Waals surface area contributed by atoms with Crippen LogP contribution in [0.15, 0.2) is 35.9 Å². The van der Waals surface area contributed by atoms with E-state index < -0.39 is 0 Å². The lowest BCUT2D eigenvalue weighted by Gasteiger charge is -2.13. The van der Waals surface area contributed by atoms with Gasteiger partial charge in [0.2, 0.25) is 0 Å². The summed E-state index contributed by atoms with van der Waals surface area (Å²) in [6.07, 6.45) is 8.29. The quantitative estimate of drug-likeness (QED) is 0.602. The van der Waals surface area contributed by atoms with Crippen LogP contribution in [0.3, 0.4) is 0 Å². The highest BCUT2D eigenvalue weighted by Gasteiger charge is 2.05. The van der Waals surface area contributed by atoms with Crippen molar-refractivity contribution in [1.29, 1.82) is 0 Å². The second kappa shape index (κ2) is 7.53. The first-order valence-corrected chi connectivity index (χ1v) is 7.80. The van der Waals surface area contributed by atoms with Crippen LogP contribution in [0.4, 0.5) is 10.5 Å². The van der Waals surface area contributed by atoms with Crippen LogP contribution in [0, 0.1) is 3.57 Å². The Morgan fingerprint density at radius 1 is 1.21 bits per heavy atom. The summed E-state index contributed by atoms with van der Waals surface area (Å²) in [6.45, 7) is 0.710. The van der Waals surface area contributed by atoms with Gasteiger partial charge in [0, 0.05) is 15.8 Å². The van der Waals surface area contributed by atoms with Crippen LogP contribution in [0.2, 0.25) is 0 Å². The molecule has 4 heteroatoms. The number of hydrogen-bond donors (Lipinski definition) is 2. The highest BCUT2D eigenvalue weighted by molar-refractivity contribution is 14.1. The molecule has 2 N–H and O–H groups in total. The van der Waals surface area contributed by atoms with E-state index in [1.54, 1.807) is 0 Å². The molecule has 1 aliphatic rings. The lowest BCUT2D eigenvalue weighted by Crippen LogP contribution is -2.29. The average Bonchev–Trinajstić information content (AvgIpc) is 2.43. The molecule has 0 fully saturated rings. The SMILES string of the molecule is O=C(NCCC1=CCCCC1)Nc1ccc(I)cc1. The number of urea groups is 1. The normalized spacial score (nSPS) is 14.7. The minimum Gasteiger partial charge on any atom is -0.338 e. The molecule has 102 valence electrons. The number of benzene rings is 1. The summed E-state index contributed by atoms with van der Waals surface area (Å²) in [5.41, 5.74) is 2.32. The van der Waals surface area contributed by atoms with Crippen LogP contribution >= 0.6 is 22.6 Å². The summed E-state index contributed by atoms with van der Waals surface area (Å²) in [4.78, 5) is 11.7. The molecule has 0 unspecified atom stereocenters. The van der Waals surface area contributed by atoms with Crippen molar-refractivity contribution in [3.8, 4) is 0 Å². The molecule has 1 aromatic carbocycles. The largest absolute Gasteiger partial charge is 0.338 e. The summed E-state index contributed by atoms with van der Waals surface area (Å²) in [6, 6.07) is 7.64. The summed E-state index contributed by atoms with van der Waals surface area (Å²) in [5.74, 6) is 0. The predicted molar refractivity (Wildman–Crippen MR) is 87.3 cm³/mol. The zero-order chi connectivity index (χ0) is 13.5. The zero-order valence-corrected chi connectivity index (χ0v) is 13.1. The van der Waals surface area contributed by atoms with Crippen molar-refractivity contribution in [2.24, 2.45) is 0 Å². The van der Waals surface area contributed by atoms with E-state index in [1.807, 2.05) is 24.3 Å². The molecule has 1 aliphatic carbocycles. The van der Waals surface area contributed by atoms with Crippen LogP contribution in [0.1, 0.15) is 32.1 Å². The van der Waals surface area contributed by atoms with Crippen LogP contribution in [-0.4, -0.2) is 12.6 Å². The molecule has 0 bridgehead atoms. The number of anilines is 1. The van der Waals surface area contributed by atoms with Gasteiger partial charge in [-0.15, -0.1) is 0 Å². The molecule has 0 aliphatic heterocycles. The molecule has 0 spiro atoms. The number of halogens is 1. The van der Waals surface area contributed by atoms with Crippen LogP contribution in [0.5, 0.6) is 0 Å². The second-order valence-electron chi connectivity index (χ2n) is 4.75. The van der Waals surface area contributed by atoms with Gasteiger partial charge in [0.05, 0.1) is 0 Å². The smallest absolute Gasteiger partial charge is 0.319 e. The fourth-order valence-electron chi connectivity index (χ4n) is 2.18. The minimum absolute atomic E-state index is 0.127. The van der Waals surface area contributed by atoms with E-state index >= 15 is 0 Å². The number of carbonyl (C=O) groups is 1. The van der Waals surface area contributed by atoms with Gasteiger partial charge in [0.1, 0.15) is 0 Å². The molecule has 2 amide bonds. The molecular formula is C15H19IN2O. The van der Waals surface area contributed by atoms with Crippen LogP contribution in [-0.2, 0) is 0 Å². The number of rotatable bonds is 4. The van der Waals surface area contributed by atoms with Gasteiger partial charge in [-0.3, -0.25) is 0 Å². The van der Waals surface area contributed by atoms with E-state index in [9.17, 15) is 4.79 Å². The van der Waals surface area contributed by atoms with Gasteiger partial charge in [-0.2, -0.15) is 0 Å². The number of carbonyl (C=O) groups excluding carboxylic acids is 1. The molecule has 0 saturated heterocycles. The third kappa shape index (κ3) is 5.22. The molecule has 0 saturated carbocycles. The molecule has 0 radical (unpaired) electrons. The van der Waals surface area contributed by atoms with E-state index in [0.717, 1.165) is 15.7 Å². The van der Waals surface area contributed by atoms with Crippen molar-refractivity contribution in [2.75, 3.05) is 11.9 Å². The second-order valence-corrected chi connectivity index (χ2v) is 5.99. The molecule has 0 atom stereocenters. The van der Waals surface area contributed by atoms with Gasteiger partial charge in [0.15, 0.2) is 0 Å². The van der Waals surface area contributed by atoms with E-state index in [-0.39, 0.29) is 6.03 Å². The van der Waals surface area contributed by atoms with E-state index in [4.69, 9.17) is 0 Å². The first kappa shape index (κ1) is 14.4. The highest BCUT2D eigenvalue weighted by Crippen LogP contribution is 2.19. The maximum Gasteiger partial charge on any atom is 0.319 e. The number of allylic oxidation sites excluding steroid dienone is 1. The molecule has 2 rings (SSSR count). The summed E-state index contributed by atoms with van der Waals surface area (Å²) in [5, 5.41) is 5.73. The highest BCUT2D eigenvalue weighted by atomic mass is 127. The lowest BCUT2D eigenvalue weighted by molar-refractivity contribution is 0.252. The molecule has 0 aromatic heterocycles. The van der Waals surface area contributed by atoms with Gasteiger partial charge in [-0.1, -0.05) is 11.6 Å². The standard InChI is InChI=1S/C15H19IN2O/c16-13-6-8-14(9-7-13)18-15(19)17-11-10-12-4-2-1-3-5-12/h4,6-9H,1-3,5,10-11H2,(H2,17,18,19). The Kier molecular flexibility index (Phi) is 5.69. The molecular weight excluding hydrogens is 351 g/mol. The van der Waals surface area contributed by atoms with E-state index in [0.29, 0.717) is 6.54 Å². The fourth-order valence-corrected chi connectivity index (χ4v) is 2.54. The molecule has 1 aromatic rings. The summed E-state index contributed by atoms with van der Waals surface area (Å²) in [7, 11) is 0. The van der Waals surface area contributed by atoms with Crippen molar-refractivity contribution in [2.45, 2.75) is 32.1 Å². The third-order valence-corrected chi connectivity index (χ3v) is 3.94. The van der Waals surface area contributed by atoms with Crippen LogP contribution in [0.25, 0.3) is 0 Å². The summed E-state index contributed by atoms with van der Waals surface area (Å²) >= 11 is 2.24. The topological polar surface area (TPSA) is 41.1 Å². The lowest BCUT2D eigenvalue weighted by atomic mass is 9.97. The maximum atomic E-state index is 11.7. The van der Waals surface area contributed by atoms with Crippen LogP contribution < -0.4 is 10.6 Å². The number of nitrogens with one attached hydrogen (secondary N) is 2. The van der Waals surface area contributed by atoms with Crippen molar-refractivity contribution in [1.82, 2.24) is 5.32 Å². The summed E-state index contributed by atoms with van der Waals surface area (Å²) < 4.78 is 1.16. The van der Waals surface area contributed by atoms with Gasteiger partial charge in [-0.25, -0.2) is 4.79 Å². The van der Waals surface area contributed by atoms with Gasteiger partial charge in [0.25, 0.3) is 0 Å². The van der Waals surface area contributed by atoms with Gasteiger partial charge < -0.3 is 10.6 Å². The first-order valence-electron chi connectivity index (χ1n) is 6.72. The number of amides is 2. The maximum absolute atomic E-state index is 11.7. The Morgan fingerprint density at radius 2 is 2.00 bits per heavy atom. The van der Waals surface area contributed by atoms with E-state index in [1.165, 1.54) is 31.3 Å². The average molecular weight is 370 g/mol. The van der Waals surface area contributed by atoms with Crippen molar-refractivity contribution >= 4 is 34.3 Å². The van der Waals surface area contributed by atoms with E-state index in [2.05, 4.69) is 39.3 Å². The van der Waals surface area contributed by atoms with Gasteiger partial charge in [-0.05, 0) is 79.0 Å². The van der Waals surface area contributed by atoms with Crippen molar-refractivity contribution in [3.05, 3.63) is 39.5 Å². The Bertz CT molecular complexity index is 454. The molecule has 19 heavy (non-hydrogen) atoms. The Labute approximate surface area is 128 Å². The number of hydrogen-bond acceptors (Lipinski definition) is 1. The Morgan fingerprint density at radius 3 is 2.68 bits per heavy atom. The fraction of sp³-hybridized carbons (Fsp3) is 0.400. The zero-order valence-electron chi connectivity index (χ0n) is 10.9. The van der Waals surface area contributed by atoms with Crippen molar-refractivity contribution in [3.63, 3.8) is 0 Å². The monoisotopic (exact) mass is 370 g/mol. The first-order chi connectivity index (χ1) is 9.24. The Hall–Kier alpha value is -1.04. The Balaban J connectivity index is 1.69. The molecule has 0 heterocycles. The predicted octanol–water partition coefficient (Wildman–Crippen LogP) is 4.30.